The molecule has 228 valence electrons. The second-order valence-electron chi connectivity index (χ2n) is 15.7. The summed E-state index contributed by atoms with van der Waals surface area (Å²) in [5, 5.41) is 12.8. The molecule has 5 heteroatoms. The summed E-state index contributed by atoms with van der Waals surface area (Å²) in [7, 11) is 0. The summed E-state index contributed by atoms with van der Waals surface area (Å²) >= 11 is 0. The summed E-state index contributed by atoms with van der Waals surface area (Å²) in [6.07, 6.45) is 12.5. The van der Waals surface area contributed by atoms with Gasteiger partial charge in [0.25, 0.3) is 0 Å². The Balaban J connectivity index is 2.00. The van der Waals surface area contributed by atoms with Gasteiger partial charge in [-0.25, -0.2) is 0 Å². The van der Waals surface area contributed by atoms with Gasteiger partial charge in [-0.05, 0) is 105 Å². The van der Waals surface area contributed by atoms with Crippen LogP contribution in [0, 0.1) is 56.2 Å². The number of nitriles is 1. The first-order valence-electron chi connectivity index (χ1n) is 16.1. The first-order chi connectivity index (χ1) is 18.9. The Morgan fingerprint density at radius 2 is 1.78 bits per heavy atom. The number of nitrogens with one attached hydrogen (secondary N) is 1. The number of carbonyl (C=O) groups is 3. The minimum absolute atomic E-state index is 0.0156. The third-order valence-electron chi connectivity index (χ3n) is 12.3. The van der Waals surface area contributed by atoms with Crippen molar-refractivity contribution in [2.24, 2.45) is 44.8 Å². The smallest absolute Gasteiger partial charge is 0.220 e. The molecule has 41 heavy (non-hydrogen) atoms. The van der Waals surface area contributed by atoms with E-state index in [-0.39, 0.29) is 51.1 Å². The van der Waals surface area contributed by atoms with E-state index in [0.717, 1.165) is 44.1 Å². The van der Waals surface area contributed by atoms with Crippen molar-refractivity contribution >= 4 is 17.5 Å². The van der Waals surface area contributed by atoms with Gasteiger partial charge >= 0.3 is 0 Å². The maximum Gasteiger partial charge on any atom is 0.220 e. The van der Waals surface area contributed by atoms with Gasteiger partial charge in [0, 0.05) is 24.3 Å². The number of nitrogens with zero attached hydrogens (tertiary/aromatic N) is 1. The molecule has 2 saturated carbocycles. The molecule has 0 saturated heterocycles. The second kappa shape index (κ2) is 11.8. The molecular formula is C36H56N2O3. The van der Waals surface area contributed by atoms with Crippen LogP contribution < -0.4 is 5.32 Å². The molecule has 0 aromatic carbocycles. The summed E-state index contributed by atoms with van der Waals surface area (Å²) in [6, 6.07) is 2.17. The number of allylic oxidation sites excluding steroid dienone is 4. The van der Waals surface area contributed by atoms with Crippen molar-refractivity contribution in [1.82, 2.24) is 5.32 Å². The van der Waals surface area contributed by atoms with Crippen molar-refractivity contribution in [2.45, 2.75) is 127 Å². The van der Waals surface area contributed by atoms with Crippen LogP contribution in [0.2, 0.25) is 0 Å². The van der Waals surface area contributed by atoms with Gasteiger partial charge in [0.05, 0.1) is 5.57 Å². The van der Waals surface area contributed by atoms with Gasteiger partial charge in [0.15, 0.2) is 11.6 Å². The van der Waals surface area contributed by atoms with Crippen molar-refractivity contribution in [3.8, 4) is 6.07 Å². The zero-order valence-corrected chi connectivity index (χ0v) is 27.6. The Bertz CT molecular complexity index is 1150. The number of Topliss-reactive ketones (excluding diaryl/α,β-unsaturated/α-hetero) is 1. The maximum absolute atomic E-state index is 13.0. The van der Waals surface area contributed by atoms with E-state index >= 15 is 0 Å². The molecule has 1 N–H and O–H groups in total. The van der Waals surface area contributed by atoms with Crippen LogP contribution in [-0.2, 0) is 14.4 Å². The van der Waals surface area contributed by atoms with Gasteiger partial charge in [-0.3, -0.25) is 14.4 Å². The first-order valence-corrected chi connectivity index (χ1v) is 16.1. The van der Waals surface area contributed by atoms with Crippen LogP contribution in [0.25, 0.3) is 0 Å². The lowest BCUT2D eigenvalue weighted by atomic mass is 9.44. The summed E-state index contributed by atoms with van der Waals surface area (Å²) < 4.78 is 0. The lowest BCUT2D eigenvalue weighted by Crippen LogP contribution is -2.53. The Labute approximate surface area is 250 Å². The van der Waals surface area contributed by atoms with E-state index in [1.165, 1.54) is 12.8 Å². The molecule has 0 spiro atoms. The Hall–Kier alpha value is -2.22. The van der Waals surface area contributed by atoms with Crippen molar-refractivity contribution in [3.63, 3.8) is 0 Å². The summed E-state index contributed by atoms with van der Waals surface area (Å²) in [5.74, 6) is 0.452. The van der Waals surface area contributed by atoms with Crippen molar-refractivity contribution in [3.05, 3.63) is 23.3 Å². The molecule has 0 aromatic rings. The van der Waals surface area contributed by atoms with E-state index in [4.69, 9.17) is 0 Å². The van der Waals surface area contributed by atoms with Crippen LogP contribution in [0.15, 0.2) is 23.3 Å². The predicted molar refractivity (Wildman–Crippen MR) is 166 cm³/mol. The molecule has 3 aliphatic rings. The van der Waals surface area contributed by atoms with Gasteiger partial charge in [-0.1, -0.05) is 67.0 Å². The number of rotatable bonds is 9. The van der Waals surface area contributed by atoms with Gasteiger partial charge < -0.3 is 5.32 Å². The zero-order valence-electron chi connectivity index (χ0n) is 27.6. The van der Waals surface area contributed by atoms with Crippen LogP contribution in [0.3, 0.4) is 0 Å². The number of fused-ring (bicyclic) bond motifs is 1. The zero-order chi connectivity index (χ0) is 31.0. The third kappa shape index (κ3) is 6.28. The Kier molecular flexibility index (Phi) is 9.59. The summed E-state index contributed by atoms with van der Waals surface area (Å²) in [6.45, 7) is 22.5. The van der Waals surface area contributed by atoms with Crippen LogP contribution in [-0.4, -0.2) is 24.0 Å². The second-order valence-corrected chi connectivity index (χ2v) is 15.7. The molecule has 1 unspecified atom stereocenters. The molecule has 0 bridgehead atoms. The molecule has 0 aromatic heterocycles. The molecule has 5 nitrogen and oxygen atoms in total. The van der Waals surface area contributed by atoms with Crippen molar-refractivity contribution < 1.29 is 14.4 Å². The molecule has 3 rings (SSSR count). The molecule has 3 aliphatic carbocycles. The van der Waals surface area contributed by atoms with E-state index in [1.54, 1.807) is 6.92 Å². The number of amides is 1. The standard InChI is InChI=1S/C36H56N2O3/c1-11-38-30(40)13-15-36(18-16-32(5,6)21-24(36)2)19-17-33(7,8)35(10)14-12-28-26(4)31(41)27(23-37)22-34(28,9)29(35)20-25(3)39/h20,22,24,26,28H,11-19,21H2,1-10H3,(H,38,40)/b29-20-/t24?,26-,28-,34-,35+,36+/m0/s1. The van der Waals surface area contributed by atoms with E-state index in [1.807, 2.05) is 26.0 Å². The average molecular weight is 565 g/mol. The lowest BCUT2D eigenvalue weighted by molar-refractivity contribution is -0.123. The van der Waals surface area contributed by atoms with Gasteiger partial charge in [0.1, 0.15) is 6.07 Å². The van der Waals surface area contributed by atoms with Crippen LogP contribution in [0.4, 0.5) is 0 Å². The lowest BCUT2D eigenvalue weighted by Gasteiger charge is -2.60. The minimum Gasteiger partial charge on any atom is -0.356 e. The highest BCUT2D eigenvalue weighted by atomic mass is 16.1. The van der Waals surface area contributed by atoms with Crippen LogP contribution >= 0.6 is 0 Å². The predicted octanol–water partition coefficient (Wildman–Crippen LogP) is 8.15. The molecule has 0 heterocycles. The highest BCUT2D eigenvalue weighted by molar-refractivity contribution is 6.02. The van der Waals surface area contributed by atoms with Gasteiger partial charge in [-0.2, -0.15) is 5.26 Å². The minimum atomic E-state index is -0.521. The number of carbonyl (C=O) groups excluding carboxylic acids is 3. The normalized spacial score (nSPS) is 36.2. The fourth-order valence-electron chi connectivity index (χ4n) is 9.07. The summed E-state index contributed by atoms with van der Waals surface area (Å²) in [4.78, 5) is 38.3. The monoisotopic (exact) mass is 564 g/mol. The average Bonchev–Trinajstić information content (AvgIpc) is 2.87. The van der Waals surface area contributed by atoms with Gasteiger partial charge in [-0.15, -0.1) is 0 Å². The highest BCUT2D eigenvalue weighted by Crippen LogP contribution is 2.66. The van der Waals surface area contributed by atoms with Crippen LogP contribution in [0.1, 0.15) is 127 Å². The molecule has 0 aliphatic heterocycles. The molecule has 2 fully saturated rings. The Morgan fingerprint density at radius 1 is 1.12 bits per heavy atom. The third-order valence-corrected chi connectivity index (χ3v) is 12.3. The largest absolute Gasteiger partial charge is 0.356 e. The fraction of sp³-hybridized carbons (Fsp3) is 0.778. The van der Waals surface area contributed by atoms with E-state index in [0.29, 0.717) is 24.3 Å². The maximum atomic E-state index is 13.0. The SMILES string of the molecule is CCNC(=O)CC[C@]1(CCC(C)(C)[C@]2(C)CC[C@H]3[C@H](C)C(=O)C(C#N)=C[C@]3(C)/C2=C/C(C)=O)CCC(C)(C)CC1C. The topological polar surface area (TPSA) is 87.0 Å². The van der Waals surface area contributed by atoms with E-state index < -0.39 is 5.41 Å². The summed E-state index contributed by atoms with van der Waals surface area (Å²) in [5.41, 5.74) is 0.806. The van der Waals surface area contributed by atoms with Gasteiger partial charge in [0.2, 0.25) is 5.91 Å². The molecule has 1 amide bonds. The number of hydrogen-bond acceptors (Lipinski definition) is 4. The molecular weight excluding hydrogens is 508 g/mol. The quantitative estimate of drug-likeness (QED) is 0.286. The van der Waals surface area contributed by atoms with E-state index in [2.05, 4.69) is 59.9 Å². The van der Waals surface area contributed by atoms with Crippen LogP contribution in [0.5, 0.6) is 0 Å². The highest BCUT2D eigenvalue weighted by Gasteiger charge is 2.58. The fourth-order valence-corrected chi connectivity index (χ4v) is 9.07. The van der Waals surface area contributed by atoms with Crippen molar-refractivity contribution in [2.75, 3.05) is 6.54 Å². The van der Waals surface area contributed by atoms with E-state index in [9.17, 15) is 19.6 Å². The Morgan fingerprint density at radius 3 is 2.34 bits per heavy atom. The molecule has 6 atom stereocenters. The molecule has 0 radical (unpaired) electrons. The number of ketones is 2. The first kappa shape index (κ1) is 33.3. The number of hydrogen-bond donors (Lipinski definition) is 1. The van der Waals surface area contributed by atoms with Crippen molar-refractivity contribution in [1.29, 1.82) is 5.26 Å².